The van der Waals surface area contributed by atoms with E-state index in [4.69, 9.17) is 18.6 Å². The molecule has 0 aliphatic heterocycles. The smallest absolute Gasteiger partial charge is 0.407 e. The van der Waals surface area contributed by atoms with E-state index in [1.54, 1.807) is 14.2 Å². The average molecular weight is 576 g/mol. The third kappa shape index (κ3) is 6.12. The molecule has 1 aliphatic rings. The summed E-state index contributed by atoms with van der Waals surface area (Å²) >= 11 is 0. The first kappa shape index (κ1) is 30.2. The number of hydrogen-bond donors (Lipinski definition) is 1. The summed E-state index contributed by atoms with van der Waals surface area (Å²) in [4.78, 5) is 25.0. The Hall–Kier alpha value is -3.78. The normalized spacial score (nSPS) is 13.6. The second kappa shape index (κ2) is 12.0. The fraction of sp³-hybridized carbons (Fsp3) is 0.394. The molecule has 4 rings (SSSR count). The van der Waals surface area contributed by atoms with Crippen molar-refractivity contribution in [2.45, 2.75) is 64.2 Å². The van der Waals surface area contributed by atoms with Crippen LogP contribution in [-0.2, 0) is 16.0 Å². The highest BCUT2D eigenvalue weighted by atomic mass is 28.4. The molecule has 41 heavy (non-hydrogen) atoms. The molecule has 1 aliphatic carbocycles. The van der Waals surface area contributed by atoms with Crippen LogP contribution >= 0.6 is 0 Å². The van der Waals surface area contributed by atoms with E-state index in [2.05, 4.69) is 63.4 Å². The van der Waals surface area contributed by atoms with Gasteiger partial charge in [0, 0.05) is 23.5 Å². The second-order valence-electron chi connectivity index (χ2n) is 12.0. The molecule has 1 amide bonds. The first-order chi connectivity index (χ1) is 19.4. The second-order valence-corrected chi connectivity index (χ2v) is 16.7. The Kier molecular flexibility index (Phi) is 8.82. The molecule has 0 bridgehead atoms. The Balaban J connectivity index is 1.51. The van der Waals surface area contributed by atoms with Crippen LogP contribution in [0.5, 0.6) is 17.2 Å². The van der Waals surface area contributed by atoms with E-state index in [1.807, 2.05) is 37.3 Å². The highest BCUT2D eigenvalue weighted by molar-refractivity contribution is 6.74. The minimum absolute atomic E-state index is 0.0248. The zero-order valence-corrected chi connectivity index (χ0v) is 26.3. The summed E-state index contributed by atoms with van der Waals surface area (Å²) in [6.07, 6.45) is 0.274. The van der Waals surface area contributed by atoms with Crippen molar-refractivity contribution in [2.75, 3.05) is 20.8 Å². The van der Waals surface area contributed by atoms with E-state index >= 15 is 0 Å². The predicted molar refractivity (Wildman–Crippen MR) is 164 cm³/mol. The number of hydrogen-bond acceptors (Lipinski definition) is 6. The highest BCUT2D eigenvalue weighted by Crippen LogP contribution is 2.46. The van der Waals surface area contributed by atoms with Crippen molar-refractivity contribution >= 4 is 20.7 Å². The molecule has 3 aromatic carbocycles. The summed E-state index contributed by atoms with van der Waals surface area (Å²) in [5.41, 5.74) is 6.06. The predicted octanol–water partition coefficient (Wildman–Crippen LogP) is 7.04. The number of nitrogens with one attached hydrogen (secondary N) is 1. The average Bonchev–Trinajstić information content (AvgIpc) is 3.24. The van der Waals surface area contributed by atoms with Crippen LogP contribution < -0.4 is 19.2 Å². The molecule has 7 nitrogen and oxygen atoms in total. The van der Waals surface area contributed by atoms with Crippen LogP contribution in [0, 0.1) is 6.92 Å². The van der Waals surface area contributed by atoms with Crippen molar-refractivity contribution in [3.8, 4) is 28.4 Å². The maximum Gasteiger partial charge on any atom is 0.407 e. The third-order valence-corrected chi connectivity index (χ3v) is 12.7. The van der Waals surface area contributed by atoms with E-state index in [9.17, 15) is 9.59 Å². The lowest BCUT2D eigenvalue weighted by Gasteiger charge is -2.37. The topological polar surface area (TPSA) is 83.1 Å². The monoisotopic (exact) mass is 575 g/mol. The lowest BCUT2D eigenvalue weighted by atomic mass is 9.98. The summed E-state index contributed by atoms with van der Waals surface area (Å²) in [6.45, 7) is 12.9. The summed E-state index contributed by atoms with van der Waals surface area (Å²) in [5, 5.41) is 2.71. The molecular weight excluding hydrogens is 534 g/mol. The van der Waals surface area contributed by atoms with Crippen LogP contribution in [0.15, 0.2) is 54.6 Å². The van der Waals surface area contributed by atoms with Crippen LogP contribution in [0.4, 0.5) is 4.79 Å². The Morgan fingerprint density at radius 3 is 2.05 bits per heavy atom. The van der Waals surface area contributed by atoms with E-state index in [1.165, 1.54) is 0 Å². The molecule has 8 heteroatoms. The van der Waals surface area contributed by atoms with Crippen molar-refractivity contribution in [3.05, 3.63) is 76.9 Å². The SMILES string of the molecule is COc1c(C[C@@H](C=O)NC(=O)OCC2c3ccccc3-c3ccccc32)cc(O[Si](C)(C)C(C)(C)C)c(OC)c1C. The van der Waals surface area contributed by atoms with E-state index < -0.39 is 20.5 Å². The summed E-state index contributed by atoms with van der Waals surface area (Å²) in [6, 6.07) is 17.4. The first-order valence-electron chi connectivity index (χ1n) is 13.9. The van der Waals surface area contributed by atoms with Gasteiger partial charge < -0.3 is 28.7 Å². The van der Waals surface area contributed by atoms with Crippen molar-refractivity contribution in [2.24, 2.45) is 0 Å². The highest BCUT2D eigenvalue weighted by Gasteiger charge is 2.40. The number of amides is 1. The van der Waals surface area contributed by atoms with Gasteiger partial charge >= 0.3 is 6.09 Å². The molecule has 3 aromatic rings. The van der Waals surface area contributed by atoms with Gasteiger partial charge in [-0.15, -0.1) is 0 Å². The molecular formula is C33H41NO6Si. The van der Waals surface area contributed by atoms with Gasteiger partial charge in [-0.05, 0) is 53.4 Å². The Bertz CT molecular complexity index is 1380. The summed E-state index contributed by atoms with van der Waals surface area (Å²) in [5.74, 6) is 1.73. The van der Waals surface area contributed by atoms with Crippen molar-refractivity contribution in [1.82, 2.24) is 5.32 Å². The number of carbonyl (C=O) groups excluding carboxylic acids is 2. The molecule has 0 radical (unpaired) electrons. The molecule has 0 unspecified atom stereocenters. The maximum atomic E-state index is 12.9. The van der Waals surface area contributed by atoms with Gasteiger partial charge in [0.05, 0.1) is 20.3 Å². The van der Waals surface area contributed by atoms with Crippen LogP contribution in [-0.4, -0.2) is 47.6 Å². The van der Waals surface area contributed by atoms with Crippen LogP contribution in [0.2, 0.25) is 18.1 Å². The fourth-order valence-corrected chi connectivity index (χ4v) is 6.18. The number of rotatable bonds is 10. The number of aldehydes is 1. The van der Waals surface area contributed by atoms with Gasteiger partial charge in [-0.1, -0.05) is 69.3 Å². The molecule has 0 heterocycles. The van der Waals surface area contributed by atoms with Crippen molar-refractivity contribution in [3.63, 3.8) is 0 Å². The standard InChI is InChI=1S/C33H41NO6Si/c1-21-30(37-5)22(18-29(31(21)38-6)40-41(7,8)33(2,3)4)17-23(19-35)34-32(36)39-20-28-26-15-11-9-13-24(26)25-14-10-12-16-27(25)28/h9-16,18-19,23,28H,17,20H2,1-8H3,(H,34,36)/t23-/m0/s1. The molecule has 1 atom stereocenters. The van der Waals surface area contributed by atoms with Gasteiger partial charge in [-0.3, -0.25) is 0 Å². The molecule has 1 N–H and O–H groups in total. The van der Waals surface area contributed by atoms with Gasteiger partial charge in [-0.25, -0.2) is 4.79 Å². The van der Waals surface area contributed by atoms with Crippen molar-refractivity contribution in [1.29, 1.82) is 0 Å². The largest absolute Gasteiger partial charge is 0.541 e. The molecule has 218 valence electrons. The van der Waals surface area contributed by atoms with Crippen LogP contribution in [0.1, 0.15) is 48.9 Å². The number of alkyl carbamates (subject to hydrolysis) is 1. The van der Waals surface area contributed by atoms with Gasteiger partial charge in [0.15, 0.2) is 5.75 Å². The van der Waals surface area contributed by atoms with E-state index in [0.29, 0.717) is 17.2 Å². The quantitative estimate of drug-likeness (QED) is 0.206. The Morgan fingerprint density at radius 2 is 1.54 bits per heavy atom. The first-order valence-corrected chi connectivity index (χ1v) is 16.8. The van der Waals surface area contributed by atoms with Crippen LogP contribution in [0.3, 0.4) is 0 Å². The lowest BCUT2D eigenvalue weighted by molar-refractivity contribution is -0.109. The fourth-order valence-electron chi connectivity index (χ4n) is 5.17. The van der Waals surface area contributed by atoms with Gasteiger partial charge in [0.1, 0.15) is 24.4 Å². The van der Waals surface area contributed by atoms with Crippen LogP contribution in [0.25, 0.3) is 11.1 Å². The molecule has 0 saturated carbocycles. The Labute approximate surface area is 244 Å². The minimum Gasteiger partial charge on any atom is -0.541 e. The van der Waals surface area contributed by atoms with Gasteiger partial charge in [0.25, 0.3) is 8.32 Å². The number of fused-ring (bicyclic) bond motifs is 3. The lowest BCUT2D eigenvalue weighted by Crippen LogP contribution is -2.44. The molecule has 0 spiro atoms. The Morgan fingerprint density at radius 1 is 0.976 bits per heavy atom. The molecule has 0 aromatic heterocycles. The van der Waals surface area contributed by atoms with Gasteiger partial charge in [-0.2, -0.15) is 0 Å². The maximum absolute atomic E-state index is 12.9. The minimum atomic E-state index is -2.20. The molecule has 0 fully saturated rings. The zero-order valence-electron chi connectivity index (χ0n) is 25.3. The summed E-state index contributed by atoms with van der Waals surface area (Å²) in [7, 11) is 0.986. The van der Waals surface area contributed by atoms with Crippen molar-refractivity contribution < 1.29 is 28.2 Å². The van der Waals surface area contributed by atoms with E-state index in [0.717, 1.165) is 39.7 Å². The number of methoxy groups -OCH3 is 2. The number of benzene rings is 3. The molecule has 0 saturated heterocycles. The number of carbonyl (C=O) groups is 2. The van der Waals surface area contributed by atoms with Gasteiger partial charge in [0.2, 0.25) is 0 Å². The zero-order chi connectivity index (χ0) is 29.9. The third-order valence-electron chi connectivity index (χ3n) is 8.33. The number of ether oxygens (including phenoxy) is 3. The van der Waals surface area contributed by atoms with E-state index in [-0.39, 0.29) is 24.0 Å². The summed E-state index contributed by atoms with van der Waals surface area (Å²) < 4.78 is 23.7.